The van der Waals surface area contributed by atoms with Gasteiger partial charge in [0.15, 0.2) is 5.82 Å². The maximum absolute atomic E-state index is 6.41. The number of rotatable bonds is 6. The van der Waals surface area contributed by atoms with Crippen LogP contribution in [0.1, 0.15) is 28.7 Å². The fraction of sp³-hybridized carbons (Fsp3) is 0.348. The van der Waals surface area contributed by atoms with E-state index in [9.17, 15) is 0 Å². The molecule has 0 radical (unpaired) electrons. The van der Waals surface area contributed by atoms with Crippen molar-refractivity contribution in [3.8, 4) is 5.69 Å². The number of benzene rings is 2. The van der Waals surface area contributed by atoms with E-state index >= 15 is 0 Å². The van der Waals surface area contributed by atoms with Crippen molar-refractivity contribution in [1.82, 2.24) is 24.6 Å². The van der Waals surface area contributed by atoms with Crippen molar-refractivity contribution in [2.45, 2.75) is 12.5 Å². The van der Waals surface area contributed by atoms with Crippen LogP contribution in [-0.4, -0.2) is 71.6 Å². The van der Waals surface area contributed by atoms with Crippen LogP contribution < -0.4 is 0 Å². The smallest absolute Gasteiger partial charge is 0.159 e. The Morgan fingerprint density at radius 1 is 0.967 bits per heavy atom. The van der Waals surface area contributed by atoms with Crippen LogP contribution >= 0.6 is 11.6 Å². The summed E-state index contributed by atoms with van der Waals surface area (Å²) in [6.45, 7) is 2.23. The van der Waals surface area contributed by atoms with Gasteiger partial charge in [0.05, 0.1) is 11.4 Å². The van der Waals surface area contributed by atoms with Crippen molar-refractivity contribution in [2.75, 3.05) is 41.3 Å². The van der Waals surface area contributed by atoms with Crippen LogP contribution in [0.5, 0.6) is 0 Å². The third-order valence-corrected chi connectivity index (χ3v) is 5.41. The zero-order valence-electron chi connectivity index (χ0n) is 17.9. The summed E-state index contributed by atoms with van der Waals surface area (Å²) < 4.78 is 2.18. The van der Waals surface area contributed by atoms with Gasteiger partial charge in [-0.3, -0.25) is 9.56 Å². The molecular weight excluding hydrogens is 396 g/mol. The molecule has 0 unspecified atom stereocenters. The predicted octanol–water partition coefficient (Wildman–Crippen LogP) is 3.48. The number of likely N-dealkylation sites (N-methyl/N-ethyl adjacent to an activating group) is 2. The summed E-state index contributed by atoms with van der Waals surface area (Å²) in [6, 6.07) is 16.2. The highest BCUT2D eigenvalue weighted by atomic mass is 35.5. The fourth-order valence-electron chi connectivity index (χ4n) is 4.03. The Bertz CT molecular complexity index is 1040. The molecule has 0 amide bonds. The Morgan fingerprint density at radius 3 is 2.33 bits per heavy atom. The van der Waals surface area contributed by atoms with Gasteiger partial charge in [0.25, 0.3) is 0 Å². The maximum atomic E-state index is 6.41. The molecule has 0 saturated heterocycles. The van der Waals surface area contributed by atoms with E-state index in [2.05, 4.69) is 71.0 Å². The van der Waals surface area contributed by atoms with Gasteiger partial charge in [-0.2, -0.15) is 0 Å². The Labute approximate surface area is 182 Å². The molecule has 0 N–H and O–H groups in total. The first-order valence-corrected chi connectivity index (χ1v) is 10.5. The molecule has 0 aliphatic carbocycles. The number of aromatic nitrogens is 3. The summed E-state index contributed by atoms with van der Waals surface area (Å²) in [7, 11) is 8.36. The van der Waals surface area contributed by atoms with E-state index in [1.807, 2.05) is 30.3 Å². The van der Waals surface area contributed by atoms with Gasteiger partial charge in [0.2, 0.25) is 0 Å². The molecule has 30 heavy (non-hydrogen) atoms. The van der Waals surface area contributed by atoms with Gasteiger partial charge in [0, 0.05) is 35.2 Å². The lowest BCUT2D eigenvalue weighted by Crippen LogP contribution is -2.31. The van der Waals surface area contributed by atoms with Crippen LogP contribution in [0.25, 0.3) is 5.69 Å². The molecule has 156 valence electrons. The van der Waals surface area contributed by atoms with Crippen molar-refractivity contribution in [3.05, 3.63) is 76.3 Å². The monoisotopic (exact) mass is 422 g/mol. The zero-order valence-corrected chi connectivity index (χ0v) is 18.6. The number of hydrogen-bond acceptors (Lipinski definition) is 5. The summed E-state index contributed by atoms with van der Waals surface area (Å²) in [5.74, 6) is 2.01. The minimum atomic E-state index is 0.207. The molecule has 1 aliphatic rings. The van der Waals surface area contributed by atoms with Gasteiger partial charge in [0.1, 0.15) is 12.4 Å². The fourth-order valence-corrected chi connectivity index (χ4v) is 4.20. The topological polar surface area (TPSA) is 49.6 Å². The largest absolute Gasteiger partial charge is 0.309 e. The first-order chi connectivity index (χ1) is 14.4. The highest BCUT2D eigenvalue weighted by Gasteiger charge is 2.27. The number of fused-ring (bicyclic) bond motifs is 3. The third kappa shape index (κ3) is 4.17. The Morgan fingerprint density at radius 2 is 1.67 bits per heavy atom. The summed E-state index contributed by atoms with van der Waals surface area (Å²) in [5.41, 5.74) is 4.03. The first kappa shape index (κ1) is 20.7. The van der Waals surface area contributed by atoms with E-state index in [1.165, 1.54) is 0 Å². The second-order valence-corrected chi connectivity index (χ2v) is 8.66. The van der Waals surface area contributed by atoms with Crippen molar-refractivity contribution in [1.29, 1.82) is 0 Å². The van der Waals surface area contributed by atoms with Crippen molar-refractivity contribution in [2.24, 2.45) is 4.99 Å². The molecule has 6 nitrogen and oxygen atoms in total. The lowest BCUT2D eigenvalue weighted by Gasteiger charge is -2.25. The van der Waals surface area contributed by atoms with Crippen LogP contribution in [0.2, 0.25) is 5.02 Å². The second kappa shape index (κ2) is 8.68. The number of nitrogens with zero attached hydrogens (tertiary/aromatic N) is 6. The van der Waals surface area contributed by atoms with Crippen molar-refractivity contribution < 1.29 is 0 Å². The first-order valence-electron chi connectivity index (χ1n) is 10.1. The summed E-state index contributed by atoms with van der Waals surface area (Å²) in [4.78, 5) is 9.32. The van der Waals surface area contributed by atoms with E-state index in [0.29, 0.717) is 11.6 Å². The van der Waals surface area contributed by atoms with E-state index in [1.54, 1.807) is 0 Å². The average Bonchev–Trinajstić information content (AvgIpc) is 3.05. The number of hydrogen-bond donors (Lipinski definition) is 0. The van der Waals surface area contributed by atoms with E-state index in [0.717, 1.165) is 47.3 Å². The molecule has 0 bridgehead atoms. The Balaban J connectivity index is 1.88. The van der Waals surface area contributed by atoms with Crippen molar-refractivity contribution >= 4 is 17.3 Å². The SMILES string of the molecule is CN(C)CC(CN(C)C)c1nnc2n1-c1ccc(Cl)cc1C(c1ccccc1)=NC2. The van der Waals surface area contributed by atoms with Gasteiger partial charge in [-0.25, -0.2) is 0 Å². The molecular formula is C23H27ClN6. The van der Waals surface area contributed by atoms with Crippen LogP contribution in [0.4, 0.5) is 0 Å². The lowest BCUT2D eigenvalue weighted by molar-refractivity contribution is 0.299. The van der Waals surface area contributed by atoms with Crippen LogP contribution in [0.15, 0.2) is 53.5 Å². The minimum absolute atomic E-state index is 0.207. The normalized spacial score (nSPS) is 13.4. The van der Waals surface area contributed by atoms with Crippen LogP contribution in [-0.2, 0) is 6.54 Å². The third-order valence-electron chi connectivity index (χ3n) is 5.17. The predicted molar refractivity (Wildman–Crippen MR) is 122 cm³/mol. The molecule has 4 rings (SSSR count). The van der Waals surface area contributed by atoms with Crippen LogP contribution in [0.3, 0.4) is 0 Å². The average molecular weight is 423 g/mol. The molecule has 2 aromatic carbocycles. The molecule has 0 fully saturated rings. The molecule has 0 saturated carbocycles. The van der Waals surface area contributed by atoms with Crippen molar-refractivity contribution in [3.63, 3.8) is 0 Å². The van der Waals surface area contributed by atoms with E-state index in [-0.39, 0.29) is 5.92 Å². The van der Waals surface area contributed by atoms with Gasteiger partial charge in [-0.15, -0.1) is 10.2 Å². The molecule has 2 heterocycles. The molecule has 3 aromatic rings. The highest BCUT2D eigenvalue weighted by molar-refractivity contribution is 6.31. The van der Waals surface area contributed by atoms with Gasteiger partial charge >= 0.3 is 0 Å². The molecule has 0 atom stereocenters. The van der Waals surface area contributed by atoms with Crippen LogP contribution in [0, 0.1) is 0 Å². The number of aliphatic imine (C=N–C) groups is 1. The zero-order chi connectivity index (χ0) is 21.3. The Kier molecular flexibility index (Phi) is 5.99. The summed E-state index contributed by atoms with van der Waals surface area (Å²) in [6.07, 6.45) is 0. The number of halogens is 1. The molecule has 7 heteroatoms. The highest BCUT2D eigenvalue weighted by Crippen LogP contribution is 2.30. The maximum Gasteiger partial charge on any atom is 0.159 e. The van der Waals surface area contributed by atoms with Gasteiger partial charge < -0.3 is 9.80 Å². The quantitative estimate of drug-likeness (QED) is 0.610. The summed E-state index contributed by atoms with van der Waals surface area (Å²) in [5, 5.41) is 9.85. The van der Waals surface area contributed by atoms with Gasteiger partial charge in [-0.05, 0) is 46.4 Å². The second-order valence-electron chi connectivity index (χ2n) is 8.22. The molecule has 1 aliphatic heterocycles. The molecule has 0 spiro atoms. The Hall–Kier alpha value is -2.54. The van der Waals surface area contributed by atoms with E-state index in [4.69, 9.17) is 16.6 Å². The minimum Gasteiger partial charge on any atom is -0.309 e. The lowest BCUT2D eigenvalue weighted by atomic mass is 10.00. The standard InChI is InChI=1S/C23H27ClN6/c1-28(2)14-17(15-29(3)4)23-27-26-21-13-25-22(16-8-6-5-7-9-16)19-12-18(24)10-11-20(19)30(21)23/h5-12,17H,13-15H2,1-4H3. The molecule has 1 aromatic heterocycles. The summed E-state index contributed by atoms with van der Waals surface area (Å²) >= 11 is 6.41. The van der Waals surface area contributed by atoms with Gasteiger partial charge in [-0.1, -0.05) is 41.9 Å². The van der Waals surface area contributed by atoms with E-state index < -0.39 is 0 Å².